The molecule has 3 aromatic heterocycles. The second-order valence-electron chi connectivity index (χ2n) is 7.52. The Morgan fingerprint density at radius 1 is 1.10 bits per heavy atom. The van der Waals surface area contributed by atoms with Gasteiger partial charge in [0.1, 0.15) is 17.3 Å². The number of ether oxygens (including phenoxy) is 1. The molecule has 0 radical (unpaired) electrons. The third kappa shape index (κ3) is 4.60. The van der Waals surface area contributed by atoms with E-state index in [-0.39, 0.29) is 5.91 Å². The van der Waals surface area contributed by atoms with E-state index in [9.17, 15) is 9.59 Å². The second kappa shape index (κ2) is 7.90. The number of anilines is 1. The van der Waals surface area contributed by atoms with E-state index in [4.69, 9.17) is 4.74 Å². The van der Waals surface area contributed by atoms with Crippen LogP contribution in [0.1, 0.15) is 25.5 Å². The van der Waals surface area contributed by atoms with Crippen LogP contribution in [-0.4, -0.2) is 26.9 Å². The third-order valence-electron chi connectivity index (χ3n) is 4.87. The van der Waals surface area contributed by atoms with Crippen molar-refractivity contribution in [2.24, 2.45) is 5.41 Å². The Hall–Kier alpha value is -3.81. The maximum Gasteiger partial charge on any atom is 0.327 e. The number of rotatable bonds is 5. The molecule has 30 heavy (non-hydrogen) atoms. The van der Waals surface area contributed by atoms with Gasteiger partial charge < -0.3 is 4.74 Å². The Bertz CT molecular complexity index is 1080. The number of aromatic nitrogens is 3. The van der Waals surface area contributed by atoms with Gasteiger partial charge in [-0.2, -0.15) is 0 Å². The summed E-state index contributed by atoms with van der Waals surface area (Å²) in [5, 5.41) is 4.89. The molecule has 2 N–H and O–H groups in total. The molecule has 0 bridgehead atoms. The minimum Gasteiger partial charge on any atom is -0.456 e. The highest BCUT2D eigenvalue weighted by atomic mass is 16.5. The number of amides is 3. The smallest absolute Gasteiger partial charge is 0.327 e. The van der Waals surface area contributed by atoms with E-state index < -0.39 is 11.4 Å². The quantitative estimate of drug-likeness (QED) is 0.665. The predicted octanol–water partition coefficient (Wildman–Crippen LogP) is 4.09. The Labute approximate surface area is 173 Å². The molecule has 0 atom stereocenters. The summed E-state index contributed by atoms with van der Waals surface area (Å²) in [6.07, 6.45) is 6.55. The van der Waals surface area contributed by atoms with Gasteiger partial charge in [0.25, 0.3) is 0 Å². The van der Waals surface area contributed by atoms with Crippen molar-refractivity contribution >= 4 is 17.8 Å². The van der Waals surface area contributed by atoms with Crippen LogP contribution in [-0.2, 0) is 4.79 Å². The summed E-state index contributed by atoms with van der Waals surface area (Å²) in [6, 6.07) is 10.1. The van der Waals surface area contributed by atoms with E-state index in [1.807, 2.05) is 38.1 Å². The molecular weight excluding hydrogens is 382 g/mol. The number of carbonyl (C=O) groups excluding carboxylic acids is 2. The summed E-state index contributed by atoms with van der Waals surface area (Å²) in [7, 11) is 0. The number of hydrogen-bond donors (Lipinski definition) is 2. The summed E-state index contributed by atoms with van der Waals surface area (Å²) >= 11 is 0. The first-order chi connectivity index (χ1) is 14.4. The number of imide groups is 1. The monoisotopic (exact) mass is 403 g/mol. The summed E-state index contributed by atoms with van der Waals surface area (Å²) in [5.74, 6) is 1.17. The maximum atomic E-state index is 12.0. The number of aryl methyl sites for hydroxylation is 1. The van der Waals surface area contributed by atoms with Crippen molar-refractivity contribution in [3.8, 4) is 22.8 Å². The van der Waals surface area contributed by atoms with Crippen molar-refractivity contribution in [2.45, 2.75) is 26.7 Å². The molecule has 1 saturated carbocycles. The molecule has 4 rings (SSSR count). The van der Waals surface area contributed by atoms with Crippen LogP contribution < -0.4 is 15.4 Å². The van der Waals surface area contributed by atoms with Gasteiger partial charge in [-0.05, 0) is 44.0 Å². The van der Waals surface area contributed by atoms with Crippen molar-refractivity contribution in [3.05, 3.63) is 60.7 Å². The Balaban J connectivity index is 1.40. The van der Waals surface area contributed by atoms with Gasteiger partial charge in [0.05, 0.1) is 11.9 Å². The van der Waals surface area contributed by atoms with E-state index in [0.717, 1.165) is 29.8 Å². The Morgan fingerprint density at radius 2 is 1.93 bits per heavy atom. The number of urea groups is 1. The maximum absolute atomic E-state index is 12.0. The van der Waals surface area contributed by atoms with Gasteiger partial charge >= 0.3 is 6.03 Å². The zero-order valence-corrected chi connectivity index (χ0v) is 16.7. The third-order valence-corrected chi connectivity index (χ3v) is 4.87. The van der Waals surface area contributed by atoms with E-state index in [2.05, 4.69) is 25.6 Å². The molecule has 0 unspecified atom stereocenters. The van der Waals surface area contributed by atoms with Gasteiger partial charge in [-0.1, -0.05) is 6.92 Å². The number of nitrogens with one attached hydrogen (secondary N) is 2. The number of hydrogen-bond acceptors (Lipinski definition) is 6. The minimum atomic E-state index is -0.597. The molecule has 0 aliphatic heterocycles. The van der Waals surface area contributed by atoms with E-state index in [1.54, 1.807) is 24.5 Å². The Morgan fingerprint density at radius 3 is 2.60 bits per heavy atom. The Kier molecular flexibility index (Phi) is 5.14. The molecule has 8 heteroatoms. The molecule has 1 aliphatic carbocycles. The summed E-state index contributed by atoms with van der Waals surface area (Å²) in [5.41, 5.74) is 2.04. The van der Waals surface area contributed by atoms with Gasteiger partial charge in [0, 0.05) is 41.2 Å². The van der Waals surface area contributed by atoms with Crippen LogP contribution in [0, 0.1) is 12.3 Å². The van der Waals surface area contributed by atoms with Gasteiger partial charge in [0.15, 0.2) is 0 Å². The van der Waals surface area contributed by atoms with Crippen molar-refractivity contribution < 1.29 is 14.3 Å². The summed E-state index contributed by atoms with van der Waals surface area (Å²) in [4.78, 5) is 36.7. The van der Waals surface area contributed by atoms with E-state index >= 15 is 0 Å². The second-order valence-corrected chi connectivity index (χ2v) is 7.52. The van der Waals surface area contributed by atoms with Crippen LogP contribution in [0.5, 0.6) is 11.5 Å². The lowest BCUT2D eigenvalue weighted by Crippen LogP contribution is -2.38. The molecule has 3 heterocycles. The fourth-order valence-electron chi connectivity index (χ4n) is 2.82. The van der Waals surface area contributed by atoms with Crippen LogP contribution >= 0.6 is 0 Å². The fraction of sp³-hybridized carbons (Fsp3) is 0.227. The average molecular weight is 403 g/mol. The molecular formula is C22H21N5O3. The van der Waals surface area contributed by atoms with Crippen LogP contribution in [0.2, 0.25) is 0 Å². The molecule has 0 saturated heterocycles. The van der Waals surface area contributed by atoms with Gasteiger partial charge in [-0.25, -0.2) is 9.78 Å². The predicted molar refractivity (Wildman–Crippen MR) is 111 cm³/mol. The first-order valence-electron chi connectivity index (χ1n) is 9.57. The first-order valence-corrected chi connectivity index (χ1v) is 9.57. The van der Waals surface area contributed by atoms with Crippen molar-refractivity contribution in [2.75, 3.05) is 5.32 Å². The summed E-state index contributed by atoms with van der Waals surface area (Å²) < 4.78 is 5.89. The highest BCUT2D eigenvalue weighted by molar-refractivity contribution is 6.03. The summed E-state index contributed by atoms with van der Waals surface area (Å²) in [6.45, 7) is 3.72. The number of carbonyl (C=O) groups is 2. The lowest BCUT2D eigenvalue weighted by Gasteiger charge is -2.11. The van der Waals surface area contributed by atoms with Crippen LogP contribution in [0.15, 0.2) is 55.0 Å². The lowest BCUT2D eigenvalue weighted by molar-refractivity contribution is -0.124. The van der Waals surface area contributed by atoms with Gasteiger partial charge in [-0.15, -0.1) is 0 Å². The van der Waals surface area contributed by atoms with Gasteiger partial charge in [0.2, 0.25) is 5.91 Å². The largest absolute Gasteiger partial charge is 0.456 e. The molecule has 1 fully saturated rings. The SMILES string of the molecule is Cc1cc(Oc2ccc(NC(=O)NC(=O)C3(C)CC3)nc2)cc(-c2cccnc2)n1. The molecule has 3 amide bonds. The van der Waals surface area contributed by atoms with E-state index in [1.165, 1.54) is 6.20 Å². The molecule has 8 nitrogen and oxygen atoms in total. The zero-order chi connectivity index (χ0) is 21.1. The van der Waals surface area contributed by atoms with Crippen LogP contribution in [0.4, 0.5) is 10.6 Å². The lowest BCUT2D eigenvalue weighted by atomic mass is 10.1. The van der Waals surface area contributed by atoms with Crippen molar-refractivity contribution in [1.82, 2.24) is 20.3 Å². The normalized spacial score (nSPS) is 13.9. The molecule has 0 spiro atoms. The molecule has 3 aromatic rings. The standard InChI is InChI=1S/C22H21N5O3/c1-14-10-17(11-18(25-14)15-4-3-9-23-12-15)30-16-5-6-19(24-13-16)26-21(29)27-20(28)22(2)7-8-22/h3-6,9-13H,7-8H2,1-2H3,(H2,24,26,27,28,29). The topological polar surface area (TPSA) is 106 Å². The van der Waals surface area contributed by atoms with Crippen LogP contribution in [0.25, 0.3) is 11.3 Å². The molecule has 1 aliphatic rings. The zero-order valence-electron chi connectivity index (χ0n) is 16.7. The van der Waals surface area contributed by atoms with Crippen molar-refractivity contribution in [1.29, 1.82) is 0 Å². The van der Waals surface area contributed by atoms with Gasteiger partial charge in [-0.3, -0.25) is 25.4 Å². The number of nitrogens with zero attached hydrogens (tertiary/aromatic N) is 3. The minimum absolute atomic E-state index is 0.266. The molecule has 152 valence electrons. The first kappa shape index (κ1) is 19.5. The molecule has 0 aromatic carbocycles. The van der Waals surface area contributed by atoms with Crippen LogP contribution in [0.3, 0.4) is 0 Å². The van der Waals surface area contributed by atoms with Crippen molar-refractivity contribution in [3.63, 3.8) is 0 Å². The average Bonchev–Trinajstić information content (AvgIpc) is 3.48. The highest BCUT2D eigenvalue weighted by Gasteiger charge is 2.45. The number of pyridine rings is 3. The highest BCUT2D eigenvalue weighted by Crippen LogP contribution is 2.44. The fourth-order valence-corrected chi connectivity index (χ4v) is 2.82. The van der Waals surface area contributed by atoms with E-state index in [0.29, 0.717) is 17.3 Å².